The van der Waals surface area contributed by atoms with E-state index in [9.17, 15) is 9.59 Å². The monoisotopic (exact) mass is 234 g/mol. The van der Waals surface area contributed by atoms with Crippen LogP contribution in [0.25, 0.3) is 11.0 Å². The van der Waals surface area contributed by atoms with Gasteiger partial charge in [0.15, 0.2) is 0 Å². The van der Waals surface area contributed by atoms with Crippen LogP contribution >= 0.6 is 0 Å². The number of hydrogen-bond donors (Lipinski definition) is 2. The van der Waals surface area contributed by atoms with Gasteiger partial charge in [-0.3, -0.25) is 4.79 Å². The van der Waals surface area contributed by atoms with E-state index in [-0.39, 0.29) is 16.9 Å². The second-order valence-electron chi connectivity index (χ2n) is 3.43. The summed E-state index contributed by atoms with van der Waals surface area (Å²) < 4.78 is 1.55. The van der Waals surface area contributed by atoms with Crippen molar-refractivity contribution in [3.63, 3.8) is 0 Å². The van der Waals surface area contributed by atoms with Gasteiger partial charge in [-0.1, -0.05) is 0 Å². The van der Waals surface area contributed by atoms with Gasteiger partial charge < -0.3 is 15.4 Å². The summed E-state index contributed by atoms with van der Waals surface area (Å²) >= 11 is 0. The number of aromatic carboxylic acids is 1. The Hall–Kier alpha value is -2.44. The number of rotatable bonds is 2. The van der Waals surface area contributed by atoms with Gasteiger partial charge in [0.25, 0.3) is 0 Å². The summed E-state index contributed by atoms with van der Waals surface area (Å²) in [5.41, 5.74) is 4.89. The maximum atomic E-state index is 11.8. The normalized spacial score (nSPS) is 10.6. The van der Waals surface area contributed by atoms with Gasteiger partial charge in [0.1, 0.15) is 11.2 Å². The lowest BCUT2D eigenvalue weighted by atomic mass is 10.2. The summed E-state index contributed by atoms with van der Waals surface area (Å²) in [5, 5.41) is 9.07. The fraction of sp³-hybridized carbons (Fsp3) is 0.200. The molecule has 0 aromatic carbocycles. The zero-order chi connectivity index (χ0) is 12.6. The molecule has 2 rings (SSSR count). The molecule has 0 aliphatic rings. The van der Waals surface area contributed by atoms with Crippen LogP contribution in [0.2, 0.25) is 0 Å². The van der Waals surface area contributed by atoms with Gasteiger partial charge in [0.05, 0.1) is 5.39 Å². The molecule has 3 N–H and O–H groups in total. The Kier molecular flexibility index (Phi) is 2.51. The van der Waals surface area contributed by atoms with Gasteiger partial charge in [0, 0.05) is 18.9 Å². The number of fused-ring (bicyclic) bond motifs is 1. The third-order valence-corrected chi connectivity index (χ3v) is 2.40. The van der Waals surface area contributed by atoms with Gasteiger partial charge >= 0.3 is 5.97 Å². The van der Waals surface area contributed by atoms with Crippen LogP contribution in [0.5, 0.6) is 0 Å². The first-order valence-corrected chi connectivity index (χ1v) is 4.93. The van der Waals surface area contributed by atoms with E-state index in [0.29, 0.717) is 12.2 Å². The third kappa shape index (κ3) is 1.71. The van der Waals surface area contributed by atoms with E-state index >= 15 is 0 Å². The number of nitrogens with two attached hydrogens (primary N) is 1. The maximum absolute atomic E-state index is 11.8. The van der Waals surface area contributed by atoms with Crippen LogP contribution in [0.3, 0.4) is 0 Å². The van der Waals surface area contributed by atoms with Crippen LogP contribution in [0.15, 0.2) is 17.2 Å². The van der Waals surface area contributed by atoms with Crippen molar-refractivity contribution in [2.75, 3.05) is 5.73 Å². The summed E-state index contributed by atoms with van der Waals surface area (Å²) in [7, 11) is 0. The number of aryl methyl sites for hydroxylation is 1. The summed E-state index contributed by atoms with van der Waals surface area (Å²) in [5.74, 6) is -1.22. The van der Waals surface area contributed by atoms with Gasteiger partial charge in [-0.25, -0.2) is 9.78 Å². The molecule has 2 aromatic heterocycles. The Balaban J connectivity index is 2.95. The molecular formula is C10H10N4O3. The number of pyridine rings is 1. The van der Waals surface area contributed by atoms with Crippen molar-refractivity contribution >= 4 is 23.0 Å². The zero-order valence-electron chi connectivity index (χ0n) is 9.04. The molecule has 0 fully saturated rings. The van der Waals surface area contributed by atoms with Crippen molar-refractivity contribution in [2.24, 2.45) is 0 Å². The Bertz CT molecular complexity index is 662. The topological polar surface area (TPSA) is 111 Å². The van der Waals surface area contributed by atoms with Crippen molar-refractivity contribution in [3.05, 3.63) is 28.2 Å². The minimum absolute atomic E-state index is 0.0437. The van der Waals surface area contributed by atoms with Crippen LogP contribution in [-0.2, 0) is 6.54 Å². The predicted octanol–water partition coefficient (Wildman–Crippen LogP) is 0.0918. The molecule has 7 nitrogen and oxygen atoms in total. The molecule has 0 aliphatic carbocycles. The van der Waals surface area contributed by atoms with E-state index in [1.54, 1.807) is 4.57 Å². The van der Waals surface area contributed by atoms with E-state index in [0.717, 1.165) is 0 Å². The molecule has 2 heterocycles. The standard InChI is InChI=1S/C10H10N4O3/c1-2-14-4-6(9(16)17)7(15)5-3-12-10(11)13-8(5)14/h3-4H,2H2,1H3,(H,16,17)(H2,11,12,13). The average Bonchev–Trinajstić information content (AvgIpc) is 2.29. The highest BCUT2D eigenvalue weighted by Gasteiger charge is 2.15. The first kappa shape index (κ1) is 11.1. The van der Waals surface area contributed by atoms with Gasteiger partial charge in [0.2, 0.25) is 11.4 Å². The first-order chi connectivity index (χ1) is 8.04. The quantitative estimate of drug-likeness (QED) is 0.761. The van der Waals surface area contributed by atoms with Crippen molar-refractivity contribution in [2.45, 2.75) is 13.5 Å². The Morgan fingerprint density at radius 2 is 2.29 bits per heavy atom. The second kappa shape index (κ2) is 3.85. The highest BCUT2D eigenvalue weighted by atomic mass is 16.4. The van der Waals surface area contributed by atoms with Crippen LogP contribution in [-0.4, -0.2) is 25.6 Å². The summed E-state index contributed by atoms with van der Waals surface area (Å²) in [6, 6.07) is 0. The molecule has 0 atom stereocenters. The fourth-order valence-corrected chi connectivity index (χ4v) is 1.58. The van der Waals surface area contributed by atoms with Gasteiger partial charge in [-0.2, -0.15) is 4.98 Å². The van der Waals surface area contributed by atoms with Crippen molar-refractivity contribution in [1.29, 1.82) is 0 Å². The molecule has 0 spiro atoms. The molecule has 0 aliphatic heterocycles. The molecule has 0 amide bonds. The fourth-order valence-electron chi connectivity index (χ4n) is 1.58. The molecule has 2 aromatic rings. The van der Waals surface area contributed by atoms with E-state index in [1.165, 1.54) is 12.4 Å². The molecule has 0 saturated heterocycles. The number of carboxylic acid groups (broad SMARTS) is 1. The van der Waals surface area contributed by atoms with Crippen LogP contribution in [0.1, 0.15) is 17.3 Å². The Morgan fingerprint density at radius 1 is 1.59 bits per heavy atom. The summed E-state index contributed by atoms with van der Waals surface area (Å²) in [4.78, 5) is 30.4. The summed E-state index contributed by atoms with van der Waals surface area (Å²) in [6.45, 7) is 2.29. The van der Waals surface area contributed by atoms with Gasteiger partial charge in [-0.15, -0.1) is 0 Å². The molecule has 0 radical (unpaired) electrons. The lowest BCUT2D eigenvalue weighted by Gasteiger charge is -2.08. The molecule has 88 valence electrons. The molecule has 0 unspecified atom stereocenters. The van der Waals surface area contributed by atoms with Gasteiger partial charge in [-0.05, 0) is 6.92 Å². The average molecular weight is 234 g/mol. The van der Waals surface area contributed by atoms with E-state index in [2.05, 4.69) is 9.97 Å². The lowest BCUT2D eigenvalue weighted by Crippen LogP contribution is -2.20. The number of carbonyl (C=O) groups is 1. The minimum atomic E-state index is -1.27. The highest BCUT2D eigenvalue weighted by molar-refractivity contribution is 5.91. The number of aromatic nitrogens is 3. The van der Waals surface area contributed by atoms with Crippen molar-refractivity contribution in [1.82, 2.24) is 14.5 Å². The smallest absolute Gasteiger partial charge is 0.341 e. The first-order valence-electron chi connectivity index (χ1n) is 4.93. The van der Waals surface area contributed by atoms with Crippen LogP contribution < -0.4 is 11.2 Å². The SMILES string of the molecule is CCn1cc(C(=O)O)c(=O)c2cnc(N)nc21. The maximum Gasteiger partial charge on any atom is 0.341 e. The van der Waals surface area contributed by atoms with Crippen molar-refractivity contribution in [3.8, 4) is 0 Å². The molecule has 17 heavy (non-hydrogen) atoms. The molecule has 7 heteroatoms. The molecule has 0 saturated carbocycles. The third-order valence-electron chi connectivity index (χ3n) is 2.40. The van der Waals surface area contributed by atoms with Crippen molar-refractivity contribution < 1.29 is 9.90 Å². The minimum Gasteiger partial charge on any atom is -0.477 e. The largest absolute Gasteiger partial charge is 0.477 e. The second-order valence-corrected chi connectivity index (χ2v) is 3.43. The van der Waals surface area contributed by atoms with Crippen LogP contribution in [0, 0.1) is 0 Å². The number of anilines is 1. The summed E-state index contributed by atoms with van der Waals surface area (Å²) in [6.07, 6.45) is 2.51. The van der Waals surface area contributed by atoms with E-state index in [1.807, 2.05) is 6.92 Å². The number of carboxylic acids is 1. The number of nitrogens with zero attached hydrogens (tertiary/aromatic N) is 3. The molecule has 0 bridgehead atoms. The highest BCUT2D eigenvalue weighted by Crippen LogP contribution is 2.09. The number of nitrogen functional groups attached to an aromatic ring is 1. The predicted molar refractivity (Wildman–Crippen MR) is 60.8 cm³/mol. The zero-order valence-corrected chi connectivity index (χ0v) is 9.04. The molecular weight excluding hydrogens is 224 g/mol. The Morgan fingerprint density at radius 3 is 2.88 bits per heavy atom. The number of hydrogen-bond acceptors (Lipinski definition) is 5. The van der Waals surface area contributed by atoms with E-state index < -0.39 is 11.4 Å². The Labute approximate surface area is 95.5 Å². The van der Waals surface area contributed by atoms with Crippen LogP contribution in [0.4, 0.5) is 5.95 Å². The van der Waals surface area contributed by atoms with E-state index in [4.69, 9.17) is 10.8 Å². The lowest BCUT2D eigenvalue weighted by molar-refractivity contribution is 0.0695.